The van der Waals surface area contributed by atoms with Crippen LogP contribution in [-0.2, 0) is 4.79 Å². The van der Waals surface area contributed by atoms with Crippen LogP contribution in [0.1, 0.15) is 57.2 Å². The molecular weight excluding hydrogens is 248 g/mol. The second kappa shape index (κ2) is 7.44. The van der Waals surface area contributed by atoms with Crippen LogP contribution in [-0.4, -0.2) is 12.5 Å². The van der Waals surface area contributed by atoms with Gasteiger partial charge in [0.25, 0.3) is 0 Å². The minimum atomic E-state index is -0.584. The molecular formula is C17H28N2O. The molecule has 1 aromatic carbocycles. The smallest absolute Gasteiger partial charge is 0.241 e. The summed E-state index contributed by atoms with van der Waals surface area (Å²) in [4.78, 5) is 12.2. The molecule has 0 bridgehead atoms. The summed E-state index contributed by atoms with van der Waals surface area (Å²) in [5.74, 6) is -0.0893. The molecule has 3 heteroatoms. The summed E-state index contributed by atoms with van der Waals surface area (Å²) in [6.07, 6.45) is 3.21. The van der Waals surface area contributed by atoms with Crippen molar-refractivity contribution in [3.05, 3.63) is 35.4 Å². The lowest BCUT2D eigenvalue weighted by atomic mass is 9.80. The summed E-state index contributed by atoms with van der Waals surface area (Å²) < 4.78 is 0. The first-order valence-corrected chi connectivity index (χ1v) is 7.58. The number of nitrogens with two attached hydrogens (primary N) is 1. The lowest BCUT2D eigenvalue weighted by Gasteiger charge is -2.31. The predicted octanol–water partition coefficient (Wildman–Crippen LogP) is 3.33. The zero-order valence-corrected chi connectivity index (χ0v) is 13.2. The maximum atomic E-state index is 12.2. The third-order valence-corrected chi connectivity index (χ3v) is 4.61. The molecule has 0 heterocycles. The van der Waals surface area contributed by atoms with Crippen LogP contribution in [0.15, 0.2) is 24.3 Å². The molecule has 3 N–H and O–H groups in total. The number of nitrogens with one attached hydrogen (secondary N) is 1. The topological polar surface area (TPSA) is 55.1 Å². The molecule has 0 aromatic heterocycles. The van der Waals surface area contributed by atoms with Gasteiger partial charge in [0, 0.05) is 6.54 Å². The fourth-order valence-corrected chi connectivity index (χ4v) is 2.43. The summed E-state index contributed by atoms with van der Waals surface area (Å²) in [7, 11) is 0. The average molecular weight is 276 g/mol. The van der Waals surface area contributed by atoms with Gasteiger partial charge in [0.15, 0.2) is 0 Å². The summed E-state index contributed by atoms with van der Waals surface area (Å²) in [5.41, 5.74) is 8.26. The first kappa shape index (κ1) is 16.7. The van der Waals surface area contributed by atoms with Crippen LogP contribution in [0, 0.1) is 12.3 Å². The molecule has 0 aliphatic rings. The van der Waals surface area contributed by atoms with Crippen molar-refractivity contribution >= 4 is 5.91 Å². The van der Waals surface area contributed by atoms with Crippen molar-refractivity contribution in [1.29, 1.82) is 0 Å². The van der Waals surface area contributed by atoms with Crippen LogP contribution < -0.4 is 11.1 Å². The van der Waals surface area contributed by atoms with Gasteiger partial charge in [-0.25, -0.2) is 0 Å². The van der Waals surface area contributed by atoms with E-state index in [9.17, 15) is 4.79 Å². The molecule has 112 valence electrons. The van der Waals surface area contributed by atoms with Crippen LogP contribution in [0.25, 0.3) is 0 Å². The molecule has 0 aliphatic carbocycles. The maximum absolute atomic E-state index is 12.2. The van der Waals surface area contributed by atoms with Gasteiger partial charge in [0.05, 0.1) is 0 Å². The lowest BCUT2D eigenvalue weighted by Crippen LogP contribution is -2.41. The standard InChI is InChI=1S/C17H28N2O/c1-5-17(6-2,7-3)12-19-16(20)15(18)14-10-8-13(4)9-11-14/h8-11,15H,5-7,12,18H2,1-4H3,(H,19,20). The predicted molar refractivity (Wildman–Crippen MR) is 84.4 cm³/mol. The van der Waals surface area contributed by atoms with Crippen LogP contribution in [0.5, 0.6) is 0 Å². The zero-order chi connectivity index (χ0) is 15.2. The summed E-state index contributed by atoms with van der Waals surface area (Å²) in [6.45, 7) is 9.26. The highest BCUT2D eigenvalue weighted by atomic mass is 16.2. The lowest BCUT2D eigenvalue weighted by molar-refractivity contribution is -0.123. The van der Waals surface area contributed by atoms with Gasteiger partial charge in [-0.05, 0) is 37.2 Å². The quantitative estimate of drug-likeness (QED) is 0.802. The SMILES string of the molecule is CCC(CC)(CC)CNC(=O)C(N)c1ccc(C)cc1. The Labute approximate surface area is 122 Å². The fourth-order valence-electron chi connectivity index (χ4n) is 2.43. The third kappa shape index (κ3) is 4.07. The molecule has 1 aromatic rings. The van der Waals surface area contributed by atoms with E-state index >= 15 is 0 Å². The Morgan fingerprint density at radius 1 is 1.15 bits per heavy atom. The van der Waals surface area contributed by atoms with E-state index in [1.165, 1.54) is 5.56 Å². The van der Waals surface area contributed by atoms with Gasteiger partial charge in [-0.15, -0.1) is 0 Å². The highest BCUT2D eigenvalue weighted by molar-refractivity contribution is 5.82. The monoisotopic (exact) mass is 276 g/mol. The molecule has 1 unspecified atom stereocenters. The van der Waals surface area contributed by atoms with Crippen molar-refractivity contribution in [2.24, 2.45) is 11.1 Å². The van der Waals surface area contributed by atoms with Gasteiger partial charge in [0.1, 0.15) is 6.04 Å². The molecule has 3 nitrogen and oxygen atoms in total. The Morgan fingerprint density at radius 3 is 2.10 bits per heavy atom. The molecule has 0 aliphatic heterocycles. The Morgan fingerprint density at radius 2 is 1.65 bits per heavy atom. The van der Waals surface area contributed by atoms with Gasteiger partial charge in [-0.3, -0.25) is 4.79 Å². The van der Waals surface area contributed by atoms with E-state index < -0.39 is 6.04 Å². The van der Waals surface area contributed by atoms with Crippen LogP contribution >= 0.6 is 0 Å². The van der Waals surface area contributed by atoms with Gasteiger partial charge < -0.3 is 11.1 Å². The fraction of sp³-hybridized carbons (Fsp3) is 0.588. The van der Waals surface area contributed by atoms with Crippen molar-refractivity contribution in [2.45, 2.75) is 53.0 Å². The van der Waals surface area contributed by atoms with Crippen molar-refractivity contribution in [3.63, 3.8) is 0 Å². The second-order valence-corrected chi connectivity index (χ2v) is 5.67. The number of aryl methyl sites for hydroxylation is 1. The van der Waals surface area contributed by atoms with Gasteiger partial charge in [-0.2, -0.15) is 0 Å². The molecule has 1 rings (SSSR count). The van der Waals surface area contributed by atoms with Gasteiger partial charge >= 0.3 is 0 Å². The number of carbonyl (C=O) groups excluding carboxylic acids is 1. The average Bonchev–Trinajstić information content (AvgIpc) is 2.49. The molecule has 0 spiro atoms. The molecule has 20 heavy (non-hydrogen) atoms. The molecule has 1 atom stereocenters. The highest BCUT2D eigenvalue weighted by Gasteiger charge is 2.25. The van der Waals surface area contributed by atoms with Crippen molar-refractivity contribution in [1.82, 2.24) is 5.32 Å². The largest absolute Gasteiger partial charge is 0.354 e. The third-order valence-electron chi connectivity index (χ3n) is 4.61. The van der Waals surface area contributed by atoms with Gasteiger partial charge in [-0.1, -0.05) is 50.6 Å². The van der Waals surface area contributed by atoms with Crippen molar-refractivity contribution < 1.29 is 4.79 Å². The highest BCUT2D eigenvalue weighted by Crippen LogP contribution is 2.29. The van der Waals surface area contributed by atoms with Crippen LogP contribution in [0.2, 0.25) is 0 Å². The number of benzene rings is 1. The van der Waals surface area contributed by atoms with Crippen LogP contribution in [0.4, 0.5) is 0 Å². The second-order valence-electron chi connectivity index (χ2n) is 5.67. The molecule has 1 amide bonds. The number of rotatable bonds is 7. The first-order valence-electron chi connectivity index (χ1n) is 7.58. The van der Waals surface area contributed by atoms with E-state index in [2.05, 4.69) is 26.1 Å². The van der Waals surface area contributed by atoms with Gasteiger partial charge in [0.2, 0.25) is 5.91 Å². The number of amides is 1. The van der Waals surface area contributed by atoms with Crippen molar-refractivity contribution in [3.8, 4) is 0 Å². The van der Waals surface area contributed by atoms with E-state index in [1.54, 1.807) is 0 Å². The molecule has 0 saturated carbocycles. The Bertz CT molecular complexity index is 413. The summed E-state index contributed by atoms with van der Waals surface area (Å²) in [5, 5.41) is 3.03. The summed E-state index contributed by atoms with van der Waals surface area (Å²) >= 11 is 0. The molecule has 0 radical (unpaired) electrons. The van der Waals surface area contributed by atoms with E-state index in [0.29, 0.717) is 6.54 Å². The Balaban J connectivity index is 2.64. The molecule has 0 fully saturated rings. The van der Waals surface area contributed by atoms with Crippen molar-refractivity contribution in [2.75, 3.05) is 6.54 Å². The zero-order valence-electron chi connectivity index (χ0n) is 13.2. The van der Waals surface area contributed by atoms with Crippen LogP contribution in [0.3, 0.4) is 0 Å². The summed E-state index contributed by atoms with van der Waals surface area (Å²) in [6, 6.07) is 7.23. The van der Waals surface area contributed by atoms with E-state index in [4.69, 9.17) is 5.73 Å². The Hall–Kier alpha value is -1.35. The molecule has 0 saturated heterocycles. The first-order chi connectivity index (χ1) is 9.48. The number of carbonyl (C=O) groups is 1. The van der Waals surface area contributed by atoms with E-state index in [1.807, 2.05) is 31.2 Å². The minimum Gasteiger partial charge on any atom is -0.354 e. The van der Waals surface area contributed by atoms with E-state index in [0.717, 1.165) is 24.8 Å². The minimum absolute atomic E-state index is 0.0893. The Kier molecular flexibility index (Phi) is 6.21. The number of hydrogen-bond donors (Lipinski definition) is 2. The number of hydrogen-bond acceptors (Lipinski definition) is 2. The maximum Gasteiger partial charge on any atom is 0.241 e. The normalized spacial score (nSPS) is 13.1. The van der Waals surface area contributed by atoms with E-state index in [-0.39, 0.29) is 11.3 Å².